The van der Waals surface area contributed by atoms with Crippen molar-refractivity contribution in [2.75, 3.05) is 31.0 Å². The number of aryl methyl sites for hydroxylation is 1. The number of halogens is 2. The van der Waals surface area contributed by atoms with Gasteiger partial charge < -0.3 is 29.6 Å². The van der Waals surface area contributed by atoms with Crippen molar-refractivity contribution in [3.05, 3.63) is 40.2 Å². The number of benzene rings is 1. The molecular formula is C23H25ClFN5O5S. The van der Waals surface area contributed by atoms with Gasteiger partial charge in [0.15, 0.2) is 11.8 Å². The first-order valence-corrected chi connectivity index (χ1v) is 14.3. The summed E-state index contributed by atoms with van der Waals surface area (Å²) in [5, 5.41) is 13.5. The Kier molecular flexibility index (Phi) is 5.84. The minimum atomic E-state index is -2.39. The minimum Gasteiger partial charge on any atom is -0.456 e. The fourth-order valence-electron chi connectivity index (χ4n) is 5.06. The van der Waals surface area contributed by atoms with Crippen molar-refractivity contribution in [3.8, 4) is 6.01 Å². The van der Waals surface area contributed by atoms with Crippen LogP contribution in [0.5, 0.6) is 6.01 Å². The number of pyridine rings is 1. The smallest absolute Gasteiger partial charge is 0.296 e. The maximum atomic E-state index is 15.0. The molecule has 0 saturated carbocycles. The summed E-state index contributed by atoms with van der Waals surface area (Å²) in [6, 6.07) is 4.68. The van der Waals surface area contributed by atoms with Crippen LogP contribution in [0.1, 0.15) is 23.6 Å². The molecule has 13 heteroatoms. The number of anilines is 1. The number of aromatic nitrogens is 3. The number of hydrogen-bond acceptors (Lipinski definition) is 9. The fourth-order valence-corrected chi connectivity index (χ4v) is 5.88. The number of aromatic amines is 1. The Morgan fingerprint density at radius 1 is 1.25 bits per heavy atom. The van der Waals surface area contributed by atoms with Crippen molar-refractivity contribution >= 4 is 44.0 Å². The zero-order valence-corrected chi connectivity index (χ0v) is 21.1. The van der Waals surface area contributed by atoms with Crippen molar-refractivity contribution in [2.45, 2.75) is 43.3 Å². The number of fused-ring (bicyclic) bond motifs is 3. The zero-order chi connectivity index (χ0) is 25.2. The van der Waals surface area contributed by atoms with Crippen molar-refractivity contribution in [1.29, 1.82) is 0 Å². The Morgan fingerprint density at radius 3 is 2.86 bits per heavy atom. The molecule has 4 heterocycles. The van der Waals surface area contributed by atoms with Gasteiger partial charge in [-0.3, -0.25) is 0 Å². The lowest BCUT2D eigenvalue weighted by Gasteiger charge is -2.16. The molecular weight excluding hydrogens is 513 g/mol. The number of hydrogen-bond donors (Lipinski definition) is 3. The van der Waals surface area contributed by atoms with Gasteiger partial charge in [0.05, 0.1) is 35.5 Å². The minimum absolute atomic E-state index is 0.208. The summed E-state index contributed by atoms with van der Waals surface area (Å²) in [5.41, 5.74) is 2.69. The average molecular weight is 538 g/mol. The number of H-pyrrole nitrogens is 1. The van der Waals surface area contributed by atoms with Gasteiger partial charge in [-0.05, 0) is 30.5 Å². The molecule has 10 nitrogen and oxygen atoms in total. The van der Waals surface area contributed by atoms with Crippen molar-refractivity contribution in [3.63, 3.8) is 0 Å². The standard InChI is InChI=1S/C23H25ClFN5O5S/c1-36(2,32)30-11-5-10-3-4-14(18(10)13(25)6-11)26-21-12(24)7-15-22(28-21)29-23(27-15)35-17-9-34-19-16(31)8-33-20(17)19/h5-7,14,16-17,19-20,31H,3-4,8-9H2,1-2H3,(H2,26,27,28,29)/t14-,16+,17+,19+,20+/m0/s1. The van der Waals surface area contributed by atoms with Crippen LogP contribution in [0.4, 0.5) is 15.9 Å². The Balaban J connectivity index is 1.23. The lowest BCUT2D eigenvalue weighted by molar-refractivity contribution is 0.00706. The van der Waals surface area contributed by atoms with Crippen molar-refractivity contribution in [1.82, 2.24) is 15.0 Å². The van der Waals surface area contributed by atoms with E-state index in [1.54, 1.807) is 12.1 Å². The second-order valence-corrected chi connectivity index (χ2v) is 12.5. The summed E-state index contributed by atoms with van der Waals surface area (Å²) in [6.07, 6.45) is 2.47. The fraction of sp³-hybridized carbons (Fsp3) is 0.478. The molecule has 6 rings (SSSR count). The van der Waals surface area contributed by atoms with Gasteiger partial charge in [-0.25, -0.2) is 13.6 Å². The quantitative estimate of drug-likeness (QED) is 0.452. The molecule has 2 saturated heterocycles. The normalized spacial score (nSPS) is 27.3. The zero-order valence-electron chi connectivity index (χ0n) is 19.5. The van der Waals surface area contributed by atoms with E-state index < -0.39 is 33.9 Å². The molecule has 0 bridgehead atoms. The van der Waals surface area contributed by atoms with E-state index >= 15 is 4.39 Å². The second kappa shape index (κ2) is 8.80. The van der Waals surface area contributed by atoms with E-state index in [-0.39, 0.29) is 31.4 Å². The van der Waals surface area contributed by atoms with Gasteiger partial charge in [0.1, 0.15) is 29.9 Å². The molecule has 2 aliphatic heterocycles. The lowest BCUT2D eigenvalue weighted by Crippen LogP contribution is -2.34. The highest BCUT2D eigenvalue weighted by Gasteiger charge is 2.48. The molecule has 36 heavy (non-hydrogen) atoms. The first-order valence-electron chi connectivity index (χ1n) is 11.5. The molecule has 1 aromatic carbocycles. The third-order valence-corrected chi connectivity index (χ3v) is 7.48. The van der Waals surface area contributed by atoms with E-state index in [4.69, 9.17) is 25.8 Å². The number of aliphatic hydroxyl groups is 1. The van der Waals surface area contributed by atoms with Gasteiger partial charge in [-0.2, -0.15) is 9.35 Å². The Hall–Kier alpha value is -2.51. The van der Waals surface area contributed by atoms with Crippen molar-refractivity contribution in [2.24, 2.45) is 4.36 Å². The van der Waals surface area contributed by atoms with Crippen LogP contribution in [-0.2, 0) is 25.6 Å². The Bertz CT molecular complexity index is 1470. The first kappa shape index (κ1) is 23.9. The maximum Gasteiger partial charge on any atom is 0.296 e. The first-order chi connectivity index (χ1) is 17.1. The number of nitrogens with one attached hydrogen (secondary N) is 2. The molecule has 0 spiro atoms. The predicted octanol–water partition coefficient (Wildman–Crippen LogP) is 3.11. The van der Waals surface area contributed by atoms with Crippen LogP contribution in [-0.4, -0.2) is 74.4 Å². The van der Waals surface area contributed by atoms with Crippen LogP contribution >= 0.6 is 11.6 Å². The van der Waals surface area contributed by atoms with E-state index in [9.17, 15) is 9.32 Å². The topological polar surface area (TPSA) is 131 Å². The number of aliphatic hydroxyl groups excluding tert-OH is 1. The summed E-state index contributed by atoms with van der Waals surface area (Å²) in [4.78, 5) is 12.0. The molecule has 2 aromatic heterocycles. The van der Waals surface area contributed by atoms with Crippen LogP contribution in [0, 0.1) is 5.82 Å². The Morgan fingerprint density at radius 2 is 2.06 bits per heavy atom. The third-order valence-electron chi connectivity index (χ3n) is 6.54. The summed E-state index contributed by atoms with van der Waals surface area (Å²) >= 11 is 6.49. The summed E-state index contributed by atoms with van der Waals surface area (Å²) in [6.45, 7) is 0.486. The average Bonchev–Trinajstić information content (AvgIpc) is 3.54. The van der Waals surface area contributed by atoms with Crippen LogP contribution in [0.2, 0.25) is 5.02 Å². The highest BCUT2D eigenvalue weighted by Crippen LogP contribution is 2.39. The molecule has 3 aromatic rings. The van der Waals surface area contributed by atoms with Crippen LogP contribution in [0.3, 0.4) is 0 Å². The molecule has 0 amide bonds. The lowest BCUT2D eigenvalue weighted by atomic mass is 10.1. The largest absolute Gasteiger partial charge is 0.456 e. The SMILES string of the molecule is CS(C)(=O)=Nc1cc(F)c2c(c1)CC[C@@H]2Nc1nc2nc(O[C@@H]3CO[C@H]4[C@@H]3OC[C@H]4O)[nH]c2cc1Cl. The van der Waals surface area contributed by atoms with Crippen LogP contribution in [0.25, 0.3) is 11.2 Å². The van der Waals surface area contributed by atoms with Gasteiger partial charge in [-0.15, -0.1) is 0 Å². The molecule has 1 aliphatic carbocycles. The maximum absolute atomic E-state index is 15.0. The highest BCUT2D eigenvalue weighted by atomic mass is 35.5. The summed E-state index contributed by atoms with van der Waals surface area (Å²) in [7, 11) is -2.39. The highest BCUT2D eigenvalue weighted by molar-refractivity contribution is 7.92. The van der Waals surface area contributed by atoms with Crippen LogP contribution < -0.4 is 10.1 Å². The van der Waals surface area contributed by atoms with Gasteiger partial charge in [-0.1, -0.05) is 11.6 Å². The second-order valence-electron chi connectivity index (χ2n) is 9.56. The molecule has 3 aliphatic rings. The van der Waals surface area contributed by atoms with Gasteiger partial charge in [0, 0.05) is 33.9 Å². The molecule has 0 unspecified atom stereocenters. The van der Waals surface area contributed by atoms with E-state index in [0.29, 0.717) is 46.1 Å². The molecule has 0 radical (unpaired) electrons. The van der Waals surface area contributed by atoms with E-state index in [2.05, 4.69) is 24.6 Å². The monoisotopic (exact) mass is 537 g/mol. The van der Waals surface area contributed by atoms with Gasteiger partial charge in [0.25, 0.3) is 6.01 Å². The van der Waals surface area contributed by atoms with E-state index in [0.717, 1.165) is 5.56 Å². The summed E-state index contributed by atoms with van der Waals surface area (Å²) in [5.74, 6) is -0.0289. The molecule has 192 valence electrons. The summed E-state index contributed by atoms with van der Waals surface area (Å²) < 4.78 is 48.3. The number of rotatable bonds is 5. The van der Waals surface area contributed by atoms with Gasteiger partial charge >= 0.3 is 0 Å². The van der Waals surface area contributed by atoms with Crippen LogP contribution in [0.15, 0.2) is 22.6 Å². The van der Waals surface area contributed by atoms with E-state index in [1.807, 2.05) is 0 Å². The number of imidazole rings is 1. The van der Waals surface area contributed by atoms with Crippen molar-refractivity contribution < 1.29 is 27.9 Å². The predicted molar refractivity (Wildman–Crippen MR) is 132 cm³/mol. The van der Waals surface area contributed by atoms with Gasteiger partial charge in [0.2, 0.25) is 0 Å². The Labute approximate surface area is 211 Å². The van der Waals surface area contributed by atoms with E-state index in [1.165, 1.54) is 18.6 Å². The number of ether oxygens (including phenoxy) is 3. The molecule has 2 fully saturated rings. The number of nitrogens with zero attached hydrogens (tertiary/aromatic N) is 3. The molecule has 3 N–H and O–H groups in total. The molecule has 5 atom stereocenters. The third kappa shape index (κ3) is 4.41.